The number of aromatic carboxylic acids is 1. The summed E-state index contributed by atoms with van der Waals surface area (Å²) < 4.78 is 14.0. The van der Waals surface area contributed by atoms with Crippen LogP contribution in [0.4, 0.5) is 4.39 Å². The van der Waals surface area contributed by atoms with E-state index in [1.54, 1.807) is 4.90 Å². The molecule has 0 spiro atoms. The minimum absolute atomic E-state index is 0.00801. The Morgan fingerprint density at radius 1 is 1.35 bits per heavy atom. The van der Waals surface area contributed by atoms with E-state index < -0.39 is 11.8 Å². The first kappa shape index (κ1) is 14.5. The van der Waals surface area contributed by atoms with E-state index in [1.807, 2.05) is 13.8 Å². The first-order chi connectivity index (χ1) is 9.41. The Balaban J connectivity index is 2.29. The molecule has 0 aliphatic heterocycles. The first-order valence-electron chi connectivity index (χ1n) is 6.77. The lowest BCUT2D eigenvalue weighted by atomic mass is 9.90. The highest BCUT2D eigenvalue weighted by Crippen LogP contribution is 2.28. The van der Waals surface area contributed by atoms with Gasteiger partial charge in [-0.05, 0) is 51.3 Å². The number of amides is 1. The van der Waals surface area contributed by atoms with Gasteiger partial charge in [0.15, 0.2) is 0 Å². The average molecular weight is 279 g/mol. The molecular formula is C15H18FNO3. The molecule has 1 aromatic rings. The third-order valence-corrected chi connectivity index (χ3v) is 3.71. The van der Waals surface area contributed by atoms with Crippen molar-refractivity contribution in [3.8, 4) is 0 Å². The predicted molar refractivity (Wildman–Crippen MR) is 72.3 cm³/mol. The van der Waals surface area contributed by atoms with Gasteiger partial charge in [-0.25, -0.2) is 9.18 Å². The predicted octanol–water partition coefficient (Wildman–Crippen LogP) is 2.93. The molecule has 1 aromatic carbocycles. The summed E-state index contributed by atoms with van der Waals surface area (Å²) in [4.78, 5) is 24.9. The summed E-state index contributed by atoms with van der Waals surface area (Å²) in [5.74, 6) is -2.35. The molecule has 0 unspecified atom stereocenters. The van der Waals surface area contributed by atoms with Gasteiger partial charge in [-0.1, -0.05) is 0 Å². The van der Waals surface area contributed by atoms with Crippen molar-refractivity contribution in [2.24, 2.45) is 0 Å². The topological polar surface area (TPSA) is 57.6 Å². The lowest BCUT2D eigenvalue weighted by molar-refractivity contribution is 0.0483. The highest BCUT2D eigenvalue weighted by molar-refractivity contribution is 5.96. The summed E-state index contributed by atoms with van der Waals surface area (Å²) in [5, 5.41) is 8.81. The van der Waals surface area contributed by atoms with Crippen molar-refractivity contribution in [3.05, 3.63) is 35.1 Å². The molecule has 1 fully saturated rings. The minimum atomic E-state index is -1.21. The summed E-state index contributed by atoms with van der Waals surface area (Å²) in [7, 11) is 0. The quantitative estimate of drug-likeness (QED) is 0.922. The third kappa shape index (κ3) is 2.66. The SMILES string of the molecule is CC(C)N(C(=O)c1ccc(C(=O)O)cc1F)C1CCC1. The normalized spacial score (nSPS) is 15.0. The van der Waals surface area contributed by atoms with Crippen LogP contribution in [-0.4, -0.2) is 34.0 Å². The van der Waals surface area contributed by atoms with Crippen molar-refractivity contribution in [3.63, 3.8) is 0 Å². The average Bonchev–Trinajstić information content (AvgIpc) is 2.32. The number of rotatable bonds is 4. The van der Waals surface area contributed by atoms with Crippen molar-refractivity contribution < 1.29 is 19.1 Å². The Kier molecular flexibility index (Phi) is 4.06. The van der Waals surface area contributed by atoms with E-state index in [2.05, 4.69) is 0 Å². The number of benzene rings is 1. The maximum absolute atomic E-state index is 14.0. The Hall–Kier alpha value is -1.91. The lowest BCUT2D eigenvalue weighted by Gasteiger charge is -2.40. The molecule has 4 nitrogen and oxygen atoms in total. The number of hydrogen-bond donors (Lipinski definition) is 1. The molecular weight excluding hydrogens is 261 g/mol. The van der Waals surface area contributed by atoms with Crippen molar-refractivity contribution in [1.82, 2.24) is 4.90 Å². The second-order valence-electron chi connectivity index (χ2n) is 5.39. The molecule has 1 N–H and O–H groups in total. The molecule has 0 atom stereocenters. The van der Waals surface area contributed by atoms with Crippen LogP contribution in [-0.2, 0) is 0 Å². The van der Waals surface area contributed by atoms with Crippen LogP contribution >= 0.6 is 0 Å². The fourth-order valence-corrected chi connectivity index (χ4v) is 2.45. The molecule has 1 amide bonds. The van der Waals surface area contributed by atoms with Crippen LogP contribution in [0.15, 0.2) is 18.2 Å². The van der Waals surface area contributed by atoms with Crippen LogP contribution in [0.2, 0.25) is 0 Å². The van der Waals surface area contributed by atoms with Gasteiger partial charge in [-0.2, -0.15) is 0 Å². The second-order valence-corrected chi connectivity index (χ2v) is 5.39. The molecule has 0 aromatic heterocycles. The number of carbonyl (C=O) groups excluding carboxylic acids is 1. The third-order valence-electron chi connectivity index (χ3n) is 3.71. The summed E-state index contributed by atoms with van der Waals surface area (Å²) in [6, 6.07) is 3.58. The van der Waals surface area contributed by atoms with Gasteiger partial charge >= 0.3 is 5.97 Å². The van der Waals surface area contributed by atoms with Crippen molar-refractivity contribution in [1.29, 1.82) is 0 Å². The number of carboxylic acid groups (broad SMARTS) is 1. The van der Waals surface area contributed by atoms with E-state index in [0.29, 0.717) is 0 Å². The molecule has 1 aliphatic rings. The zero-order valence-corrected chi connectivity index (χ0v) is 11.6. The maximum atomic E-state index is 14.0. The molecule has 108 valence electrons. The minimum Gasteiger partial charge on any atom is -0.478 e. The molecule has 0 radical (unpaired) electrons. The van der Waals surface area contributed by atoms with E-state index in [0.717, 1.165) is 25.3 Å². The number of hydrogen-bond acceptors (Lipinski definition) is 2. The Morgan fingerprint density at radius 3 is 2.40 bits per heavy atom. The van der Waals surface area contributed by atoms with Gasteiger partial charge in [0.1, 0.15) is 5.82 Å². The van der Waals surface area contributed by atoms with Gasteiger partial charge < -0.3 is 10.0 Å². The van der Waals surface area contributed by atoms with Gasteiger partial charge in [-0.3, -0.25) is 4.79 Å². The Bertz CT molecular complexity index is 538. The van der Waals surface area contributed by atoms with Crippen LogP contribution in [0.5, 0.6) is 0 Å². The van der Waals surface area contributed by atoms with Crippen molar-refractivity contribution in [2.75, 3.05) is 0 Å². The van der Waals surface area contributed by atoms with Crippen LogP contribution in [0.25, 0.3) is 0 Å². The van der Waals surface area contributed by atoms with E-state index in [9.17, 15) is 14.0 Å². The number of carbonyl (C=O) groups is 2. The molecule has 1 aliphatic carbocycles. The highest BCUT2D eigenvalue weighted by Gasteiger charge is 2.32. The second kappa shape index (κ2) is 5.61. The Labute approximate surface area is 117 Å². The number of nitrogens with zero attached hydrogens (tertiary/aromatic N) is 1. The van der Waals surface area contributed by atoms with Gasteiger partial charge in [0, 0.05) is 12.1 Å². The first-order valence-corrected chi connectivity index (χ1v) is 6.77. The summed E-state index contributed by atoms with van der Waals surface area (Å²) in [5.41, 5.74) is -0.214. The molecule has 2 rings (SSSR count). The van der Waals surface area contributed by atoms with Gasteiger partial charge in [0.05, 0.1) is 11.1 Å². The van der Waals surface area contributed by atoms with E-state index in [1.165, 1.54) is 12.1 Å². The summed E-state index contributed by atoms with van der Waals surface area (Å²) >= 11 is 0. The largest absolute Gasteiger partial charge is 0.478 e. The zero-order chi connectivity index (χ0) is 14.9. The fourth-order valence-electron chi connectivity index (χ4n) is 2.45. The zero-order valence-electron chi connectivity index (χ0n) is 11.6. The van der Waals surface area contributed by atoms with Crippen molar-refractivity contribution >= 4 is 11.9 Å². The Morgan fingerprint density at radius 2 is 2.00 bits per heavy atom. The highest BCUT2D eigenvalue weighted by atomic mass is 19.1. The molecule has 0 saturated heterocycles. The monoisotopic (exact) mass is 279 g/mol. The molecule has 0 heterocycles. The van der Waals surface area contributed by atoms with Gasteiger partial charge in [0.2, 0.25) is 0 Å². The van der Waals surface area contributed by atoms with Crippen LogP contribution in [0.3, 0.4) is 0 Å². The molecule has 20 heavy (non-hydrogen) atoms. The van der Waals surface area contributed by atoms with E-state index in [4.69, 9.17) is 5.11 Å². The molecule has 1 saturated carbocycles. The number of carboxylic acids is 1. The van der Waals surface area contributed by atoms with Crippen molar-refractivity contribution in [2.45, 2.75) is 45.2 Å². The summed E-state index contributed by atoms with van der Waals surface area (Å²) in [6.07, 6.45) is 2.97. The van der Waals surface area contributed by atoms with E-state index in [-0.39, 0.29) is 29.1 Å². The summed E-state index contributed by atoms with van der Waals surface area (Å²) in [6.45, 7) is 3.81. The standard InChI is InChI=1S/C15H18FNO3/c1-9(2)17(11-4-3-5-11)14(18)12-7-6-10(15(19)20)8-13(12)16/h6-9,11H,3-5H2,1-2H3,(H,19,20). The van der Waals surface area contributed by atoms with Crippen LogP contribution < -0.4 is 0 Å². The maximum Gasteiger partial charge on any atom is 0.335 e. The lowest BCUT2D eigenvalue weighted by Crippen LogP contribution is -2.48. The van der Waals surface area contributed by atoms with Gasteiger partial charge in [-0.15, -0.1) is 0 Å². The number of halogens is 1. The smallest absolute Gasteiger partial charge is 0.335 e. The van der Waals surface area contributed by atoms with Crippen LogP contribution in [0, 0.1) is 5.82 Å². The van der Waals surface area contributed by atoms with E-state index >= 15 is 0 Å². The van der Waals surface area contributed by atoms with Gasteiger partial charge in [0.25, 0.3) is 5.91 Å². The van der Waals surface area contributed by atoms with Crippen LogP contribution in [0.1, 0.15) is 53.8 Å². The molecule has 5 heteroatoms. The molecule has 0 bridgehead atoms. The fraction of sp³-hybridized carbons (Fsp3) is 0.467.